The fourth-order valence-corrected chi connectivity index (χ4v) is 3.13. The molecule has 1 N–H and O–H groups in total. The molecule has 0 atom stereocenters. The summed E-state index contributed by atoms with van der Waals surface area (Å²) >= 11 is 0. The molecule has 1 fully saturated rings. The molecule has 1 saturated carbocycles. The van der Waals surface area contributed by atoms with Crippen LogP contribution in [-0.4, -0.2) is 22.2 Å². The highest BCUT2D eigenvalue weighted by Crippen LogP contribution is 2.38. The molecule has 1 aliphatic rings. The van der Waals surface area contributed by atoms with Crippen LogP contribution < -0.4 is 10.1 Å². The fraction of sp³-hybridized carbons (Fsp3) is 0.588. The molecule has 0 spiro atoms. The van der Waals surface area contributed by atoms with Crippen molar-refractivity contribution in [1.29, 1.82) is 0 Å². The number of methoxy groups -OCH3 is 1. The van der Waals surface area contributed by atoms with Gasteiger partial charge in [-0.3, -0.25) is 0 Å². The van der Waals surface area contributed by atoms with Gasteiger partial charge in [0, 0.05) is 24.2 Å². The van der Waals surface area contributed by atoms with Gasteiger partial charge in [0.05, 0.1) is 12.6 Å². The highest BCUT2D eigenvalue weighted by atomic mass is 16.5. The second-order valence-corrected chi connectivity index (χ2v) is 6.43. The average molecular weight is 316 g/mol. The minimum Gasteiger partial charge on any atom is -0.481 e. The van der Waals surface area contributed by atoms with Gasteiger partial charge in [-0.1, -0.05) is 37.9 Å². The Hall–Kier alpha value is -1.95. The summed E-state index contributed by atoms with van der Waals surface area (Å²) in [5.74, 6) is 2.38. The second kappa shape index (κ2) is 6.66. The number of aromatic nitrogens is 3. The first-order valence-electron chi connectivity index (χ1n) is 8.21. The topological polar surface area (TPSA) is 73.1 Å². The van der Waals surface area contributed by atoms with Crippen LogP contribution in [0.5, 0.6) is 5.88 Å². The van der Waals surface area contributed by atoms with Crippen LogP contribution >= 0.6 is 0 Å². The molecule has 1 aliphatic carbocycles. The minimum absolute atomic E-state index is 0.211. The van der Waals surface area contributed by atoms with Crippen molar-refractivity contribution in [2.45, 2.75) is 57.5 Å². The van der Waals surface area contributed by atoms with E-state index in [9.17, 15) is 0 Å². The van der Waals surface area contributed by atoms with Crippen molar-refractivity contribution >= 4 is 0 Å². The van der Waals surface area contributed by atoms with Crippen LogP contribution in [0.3, 0.4) is 0 Å². The molecule has 0 aliphatic heterocycles. The predicted molar refractivity (Wildman–Crippen MR) is 86.2 cm³/mol. The van der Waals surface area contributed by atoms with Crippen LogP contribution in [0, 0.1) is 0 Å². The Balaban J connectivity index is 1.81. The maximum atomic E-state index is 5.42. The summed E-state index contributed by atoms with van der Waals surface area (Å²) in [6, 6.07) is 3.95. The maximum absolute atomic E-state index is 5.42. The van der Waals surface area contributed by atoms with Crippen molar-refractivity contribution in [3.05, 3.63) is 35.6 Å². The zero-order valence-corrected chi connectivity index (χ0v) is 14.0. The van der Waals surface area contributed by atoms with Gasteiger partial charge < -0.3 is 14.6 Å². The summed E-state index contributed by atoms with van der Waals surface area (Å²) in [5, 5.41) is 7.90. The van der Waals surface area contributed by atoms with Crippen molar-refractivity contribution < 1.29 is 9.26 Å². The first kappa shape index (κ1) is 15.9. The highest BCUT2D eigenvalue weighted by molar-refractivity contribution is 5.25. The molecule has 0 saturated heterocycles. The lowest BCUT2D eigenvalue weighted by Gasteiger charge is -2.27. The summed E-state index contributed by atoms with van der Waals surface area (Å²) < 4.78 is 10.8. The molecule has 0 bridgehead atoms. The Morgan fingerprint density at radius 2 is 2.13 bits per heavy atom. The Morgan fingerprint density at radius 3 is 2.78 bits per heavy atom. The fourth-order valence-electron chi connectivity index (χ4n) is 3.13. The maximum Gasteiger partial charge on any atom is 0.229 e. The molecule has 2 aromatic rings. The monoisotopic (exact) mass is 316 g/mol. The number of hydrogen-bond acceptors (Lipinski definition) is 6. The molecular formula is C17H24N4O2. The zero-order chi connectivity index (χ0) is 16.3. The second-order valence-electron chi connectivity index (χ2n) is 6.43. The van der Waals surface area contributed by atoms with E-state index in [0.717, 1.165) is 24.2 Å². The molecule has 2 heterocycles. The van der Waals surface area contributed by atoms with E-state index in [1.54, 1.807) is 13.3 Å². The van der Waals surface area contributed by atoms with E-state index in [4.69, 9.17) is 9.26 Å². The Bertz CT molecular complexity index is 648. The van der Waals surface area contributed by atoms with Crippen molar-refractivity contribution in [2.75, 3.05) is 7.11 Å². The Morgan fingerprint density at radius 1 is 1.35 bits per heavy atom. The third-order valence-electron chi connectivity index (χ3n) is 4.48. The Kier molecular flexibility index (Phi) is 4.61. The SMILES string of the molecule is COc1ncccc1CNC1(c2noc(C(C)C)n2)CCCC1. The number of pyridine rings is 1. The lowest BCUT2D eigenvalue weighted by atomic mass is 9.96. The third kappa shape index (κ3) is 3.22. The molecule has 6 nitrogen and oxygen atoms in total. The van der Waals surface area contributed by atoms with Gasteiger partial charge in [-0.05, 0) is 18.9 Å². The van der Waals surface area contributed by atoms with E-state index in [1.165, 1.54) is 12.8 Å². The molecule has 0 amide bonds. The van der Waals surface area contributed by atoms with Gasteiger partial charge >= 0.3 is 0 Å². The summed E-state index contributed by atoms with van der Waals surface area (Å²) in [4.78, 5) is 8.88. The number of nitrogens with one attached hydrogen (secondary N) is 1. The summed E-state index contributed by atoms with van der Waals surface area (Å²) in [6.07, 6.45) is 6.12. The van der Waals surface area contributed by atoms with Gasteiger partial charge in [0.25, 0.3) is 0 Å². The molecule has 23 heavy (non-hydrogen) atoms. The normalized spacial score (nSPS) is 16.9. The van der Waals surface area contributed by atoms with E-state index in [2.05, 4.69) is 34.3 Å². The van der Waals surface area contributed by atoms with E-state index in [-0.39, 0.29) is 11.5 Å². The van der Waals surface area contributed by atoms with E-state index >= 15 is 0 Å². The predicted octanol–water partition coefficient (Wildman–Crippen LogP) is 3.16. The minimum atomic E-state index is -0.211. The quantitative estimate of drug-likeness (QED) is 0.882. The van der Waals surface area contributed by atoms with Crippen LogP contribution in [0.25, 0.3) is 0 Å². The third-order valence-corrected chi connectivity index (χ3v) is 4.48. The molecule has 124 valence electrons. The number of hydrogen-bond donors (Lipinski definition) is 1. The summed E-state index contributed by atoms with van der Waals surface area (Å²) in [7, 11) is 1.64. The summed E-state index contributed by atoms with van der Waals surface area (Å²) in [5.41, 5.74) is 0.825. The van der Waals surface area contributed by atoms with Crippen molar-refractivity contribution in [3.63, 3.8) is 0 Å². The summed E-state index contributed by atoms with van der Waals surface area (Å²) in [6.45, 7) is 4.79. The van der Waals surface area contributed by atoms with Crippen molar-refractivity contribution in [3.8, 4) is 5.88 Å². The molecule has 2 aromatic heterocycles. The molecule has 3 rings (SSSR count). The molecule has 6 heteroatoms. The van der Waals surface area contributed by atoms with Crippen LogP contribution in [0.15, 0.2) is 22.9 Å². The number of rotatable bonds is 6. The first-order chi connectivity index (χ1) is 11.1. The van der Waals surface area contributed by atoms with Crippen LogP contribution in [0.2, 0.25) is 0 Å². The number of ether oxygens (including phenoxy) is 1. The highest BCUT2D eigenvalue weighted by Gasteiger charge is 2.39. The van der Waals surface area contributed by atoms with Crippen molar-refractivity contribution in [2.24, 2.45) is 0 Å². The van der Waals surface area contributed by atoms with Gasteiger partial charge in [0.2, 0.25) is 11.8 Å². The zero-order valence-electron chi connectivity index (χ0n) is 14.0. The van der Waals surface area contributed by atoms with Gasteiger partial charge in [-0.15, -0.1) is 0 Å². The smallest absolute Gasteiger partial charge is 0.229 e. The Labute approximate surface area is 136 Å². The van der Waals surface area contributed by atoms with Crippen LogP contribution in [-0.2, 0) is 12.1 Å². The van der Waals surface area contributed by atoms with E-state index in [0.29, 0.717) is 18.3 Å². The van der Waals surface area contributed by atoms with Gasteiger partial charge in [0.15, 0.2) is 5.82 Å². The van der Waals surface area contributed by atoms with Crippen molar-refractivity contribution in [1.82, 2.24) is 20.4 Å². The number of nitrogens with zero attached hydrogens (tertiary/aromatic N) is 3. The lowest BCUT2D eigenvalue weighted by molar-refractivity contribution is 0.292. The largest absolute Gasteiger partial charge is 0.481 e. The molecule has 0 unspecified atom stereocenters. The van der Waals surface area contributed by atoms with Gasteiger partial charge in [-0.2, -0.15) is 4.98 Å². The first-order valence-corrected chi connectivity index (χ1v) is 8.21. The molecular weight excluding hydrogens is 292 g/mol. The van der Waals surface area contributed by atoms with E-state index in [1.807, 2.05) is 12.1 Å². The standard InChI is InChI=1S/C17H24N4O2/c1-12(2)14-20-16(21-23-14)17(8-4-5-9-17)19-11-13-7-6-10-18-15(13)22-3/h6-7,10,12,19H,4-5,8-9,11H2,1-3H3. The van der Waals surface area contributed by atoms with Gasteiger partial charge in [-0.25, -0.2) is 4.98 Å². The van der Waals surface area contributed by atoms with Crippen LogP contribution in [0.1, 0.15) is 62.7 Å². The van der Waals surface area contributed by atoms with Crippen LogP contribution in [0.4, 0.5) is 0 Å². The molecule has 0 aromatic carbocycles. The lowest BCUT2D eigenvalue weighted by Crippen LogP contribution is -2.40. The molecule has 0 radical (unpaired) electrons. The van der Waals surface area contributed by atoms with Gasteiger partial charge in [0.1, 0.15) is 0 Å². The average Bonchev–Trinajstić information content (AvgIpc) is 3.23. The van der Waals surface area contributed by atoms with E-state index < -0.39 is 0 Å².